The van der Waals surface area contributed by atoms with Gasteiger partial charge >= 0.3 is 0 Å². The number of nitrogens with one attached hydrogen (secondary N) is 1. The smallest absolute Gasteiger partial charge is 0.244 e. The van der Waals surface area contributed by atoms with Crippen LogP contribution in [0, 0.1) is 0 Å². The monoisotopic (exact) mass is 381 g/mol. The number of hydrogen-bond donors (Lipinski definition) is 1. The van der Waals surface area contributed by atoms with Crippen LogP contribution in [-0.4, -0.2) is 55.5 Å². The molecule has 1 aliphatic rings. The topological polar surface area (TPSA) is 110 Å². The maximum atomic E-state index is 12.6. The van der Waals surface area contributed by atoms with E-state index in [-0.39, 0.29) is 10.9 Å². The summed E-state index contributed by atoms with van der Waals surface area (Å²) in [5.41, 5.74) is 2.44. The van der Waals surface area contributed by atoms with E-state index in [4.69, 9.17) is 0 Å². The number of aromatic amines is 1. The van der Waals surface area contributed by atoms with Crippen molar-refractivity contribution >= 4 is 21.1 Å². The van der Waals surface area contributed by atoms with Crippen LogP contribution in [0.15, 0.2) is 60.4 Å². The minimum Gasteiger partial charge on any atom is -0.346 e. The SMILES string of the molecule is O=S(=O)(c1cccnc1)N1CC(n2cc(-c3ncnc4[nH]ccc34)cn2)C1. The molecule has 0 bridgehead atoms. The first-order chi connectivity index (χ1) is 13.1. The molecular weight excluding hydrogens is 366 g/mol. The maximum absolute atomic E-state index is 12.6. The molecule has 5 rings (SSSR count). The Bertz CT molecular complexity index is 1210. The summed E-state index contributed by atoms with van der Waals surface area (Å²) in [6.45, 7) is 0.753. The quantitative estimate of drug-likeness (QED) is 0.573. The van der Waals surface area contributed by atoms with Gasteiger partial charge in [-0.25, -0.2) is 18.4 Å². The van der Waals surface area contributed by atoms with Crippen molar-refractivity contribution < 1.29 is 8.42 Å². The van der Waals surface area contributed by atoms with Gasteiger partial charge in [-0.1, -0.05) is 0 Å². The van der Waals surface area contributed by atoms with Gasteiger partial charge in [0, 0.05) is 48.8 Å². The Hall–Kier alpha value is -3.11. The third-order valence-corrected chi connectivity index (χ3v) is 6.52. The molecule has 9 nitrogen and oxygen atoms in total. The number of pyridine rings is 1. The number of fused-ring (bicyclic) bond motifs is 1. The second-order valence-corrected chi connectivity index (χ2v) is 8.27. The van der Waals surface area contributed by atoms with E-state index in [1.54, 1.807) is 29.2 Å². The van der Waals surface area contributed by atoms with Crippen molar-refractivity contribution in [2.75, 3.05) is 13.1 Å². The third kappa shape index (κ3) is 2.61. The molecule has 1 fully saturated rings. The number of rotatable bonds is 4. The van der Waals surface area contributed by atoms with E-state index in [9.17, 15) is 8.42 Å². The van der Waals surface area contributed by atoms with Crippen LogP contribution < -0.4 is 0 Å². The summed E-state index contributed by atoms with van der Waals surface area (Å²) in [5, 5.41) is 5.33. The standard InChI is InChI=1S/C17H15N7O2S/c25-27(26,14-2-1-4-18-7-14)23-9-13(10-23)24-8-12(6-22-24)16-15-3-5-19-17(15)21-11-20-16/h1-8,11,13H,9-10H2,(H,19,20,21). The number of hydrogen-bond acceptors (Lipinski definition) is 6. The Morgan fingerprint density at radius 3 is 2.85 bits per heavy atom. The van der Waals surface area contributed by atoms with E-state index in [1.165, 1.54) is 16.8 Å². The number of aromatic nitrogens is 6. The highest BCUT2D eigenvalue weighted by molar-refractivity contribution is 7.89. The van der Waals surface area contributed by atoms with Gasteiger partial charge in [0.15, 0.2) is 0 Å². The first kappa shape index (κ1) is 16.1. The van der Waals surface area contributed by atoms with Gasteiger partial charge in [0.05, 0.1) is 17.9 Å². The third-order valence-electron chi connectivity index (χ3n) is 4.70. The van der Waals surface area contributed by atoms with Crippen LogP contribution in [0.3, 0.4) is 0 Å². The highest BCUT2D eigenvalue weighted by Crippen LogP contribution is 2.30. The Labute approximate surface area is 154 Å². The average molecular weight is 381 g/mol. The zero-order chi connectivity index (χ0) is 18.4. The molecule has 1 saturated heterocycles. The second kappa shape index (κ2) is 5.96. The van der Waals surface area contributed by atoms with Crippen LogP contribution in [0.25, 0.3) is 22.3 Å². The van der Waals surface area contributed by atoms with Crippen molar-refractivity contribution in [1.29, 1.82) is 0 Å². The lowest BCUT2D eigenvalue weighted by Crippen LogP contribution is -2.50. The molecule has 1 aliphatic heterocycles. The lowest BCUT2D eigenvalue weighted by Gasteiger charge is -2.37. The van der Waals surface area contributed by atoms with Crippen LogP contribution in [0.5, 0.6) is 0 Å². The Kier molecular flexibility index (Phi) is 3.55. The highest BCUT2D eigenvalue weighted by Gasteiger charge is 2.38. The molecule has 136 valence electrons. The van der Waals surface area contributed by atoms with Crippen LogP contribution in [0.2, 0.25) is 0 Å². The van der Waals surface area contributed by atoms with Crippen LogP contribution in [0.4, 0.5) is 0 Å². The zero-order valence-corrected chi connectivity index (χ0v) is 14.9. The molecule has 0 amide bonds. The molecule has 1 N–H and O–H groups in total. The fraction of sp³-hybridized carbons (Fsp3) is 0.176. The van der Waals surface area contributed by atoms with E-state index >= 15 is 0 Å². The minimum absolute atomic E-state index is 0.00579. The van der Waals surface area contributed by atoms with E-state index in [1.807, 2.05) is 18.5 Å². The molecule has 0 radical (unpaired) electrons. The van der Waals surface area contributed by atoms with Gasteiger partial charge in [-0.3, -0.25) is 9.67 Å². The van der Waals surface area contributed by atoms with Crippen molar-refractivity contribution in [3.8, 4) is 11.3 Å². The van der Waals surface area contributed by atoms with Gasteiger partial charge in [0.25, 0.3) is 0 Å². The first-order valence-corrected chi connectivity index (χ1v) is 9.80. The van der Waals surface area contributed by atoms with Crippen molar-refractivity contribution in [2.24, 2.45) is 0 Å². The molecule has 0 aliphatic carbocycles. The summed E-state index contributed by atoms with van der Waals surface area (Å²) in [5.74, 6) is 0. The molecule has 27 heavy (non-hydrogen) atoms. The maximum Gasteiger partial charge on any atom is 0.244 e. The number of nitrogens with zero attached hydrogens (tertiary/aromatic N) is 6. The summed E-state index contributed by atoms with van der Waals surface area (Å²) in [7, 11) is -3.50. The lowest BCUT2D eigenvalue weighted by molar-refractivity contribution is 0.191. The van der Waals surface area contributed by atoms with Crippen molar-refractivity contribution in [1.82, 2.24) is 34.0 Å². The summed E-state index contributed by atoms with van der Waals surface area (Å²) >= 11 is 0. The van der Waals surface area contributed by atoms with Gasteiger partial charge in [0.1, 0.15) is 16.9 Å². The molecule has 0 atom stereocenters. The van der Waals surface area contributed by atoms with Crippen LogP contribution in [-0.2, 0) is 10.0 Å². The predicted octanol–water partition coefficient (Wildman–Crippen LogP) is 1.46. The van der Waals surface area contributed by atoms with E-state index in [0.717, 1.165) is 22.3 Å². The highest BCUT2D eigenvalue weighted by atomic mass is 32.2. The molecular formula is C17H15N7O2S. The predicted molar refractivity (Wildman–Crippen MR) is 97.1 cm³/mol. The van der Waals surface area contributed by atoms with Gasteiger partial charge < -0.3 is 4.98 Å². The minimum atomic E-state index is -3.50. The van der Waals surface area contributed by atoms with E-state index < -0.39 is 10.0 Å². The Balaban J connectivity index is 1.36. The normalized spacial score (nSPS) is 15.9. The van der Waals surface area contributed by atoms with Crippen molar-refractivity contribution in [2.45, 2.75) is 10.9 Å². The first-order valence-electron chi connectivity index (χ1n) is 8.36. The largest absolute Gasteiger partial charge is 0.346 e. The molecule has 10 heteroatoms. The number of H-pyrrole nitrogens is 1. The van der Waals surface area contributed by atoms with Gasteiger partial charge in [-0.2, -0.15) is 9.40 Å². The Morgan fingerprint density at radius 1 is 1.15 bits per heavy atom. The average Bonchev–Trinajstić information content (AvgIpc) is 3.30. The van der Waals surface area contributed by atoms with Crippen LogP contribution in [0.1, 0.15) is 6.04 Å². The van der Waals surface area contributed by atoms with Crippen molar-refractivity contribution in [3.05, 3.63) is 55.5 Å². The molecule has 0 aromatic carbocycles. The van der Waals surface area contributed by atoms with E-state index in [2.05, 4.69) is 25.0 Å². The molecule has 0 unspecified atom stereocenters. The molecule has 0 saturated carbocycles. The zero-order valence-electron chi connectivity index (χ0n) is 14.1. The fourth-order valence-electron chi connectivity index (χ4n) is 3.19. The molecule has 5 heterocycles. The Morgan fingerprint density at radius 2 is 2.04 bits per heavy atom. The summed E-state index contributed by atoms with van der Waals surface area (Å²) < 4.78 is 28.4. The lowest BCUT2D eigenvalue weighted by atomic mass is 10.1. The van der Waals surface area contributed by atoms with Gasteiger partial charge in [-0.15, -0.1) is 0 Å². The summed E-state index contributed by atoms with van der Waals surface area (Å²) in [6.07, 6.45) is 9.89. The molecule has 4 aromatic rings. The summed E-state index contributed by atoms with van der Waals surface area (Å²) in [4.78, 5) is 15.7. The van der Waals surface area contributed by atoms with E-state index in [0.29, 0.717) is 13.1 Å². The van der Waals surface area contributed by atoms with Gasteiger partial charge in [-0.05, 0) is 18.2 Å². The fourth-order valence-corrected chi connectivity index (χ4v) is 4.67. The van der Waals surface area contributed by atoms with Gasteiger partial charge in [0.2, 0.25) is 10.0 Å². The summed E-state index contributed by atoms with van der Waals surface area (Å²) in [6, 6.07) is 5.09. The molecule has 0 spiro atoms. The second-order valence-electron chi connectivity index (χ2n) is 6.34. The molecule has 4 aromatic heterocycles. The van der Waals surface area contributed by atoms with Crippen molar-refractivity contribution in [3.63, 3.8) is 0 Å². The number of sulfonamides is 1. The van der Waals surface area contributed by atoms with Crippen LogP contribution >= 0.6 is 0 Å².